The molecule has 2 aliphatic heterocycles. The zero-order chi connectivity index (χ0) is 9.64. The van der Waals surface area contributed by atoms with Crippen molar-refractivity contribution in [2.75, 3.05) is 26.2 Å². The van der Waals surface area contributed by atoms with E-state index in [0.29, 0.717) is 11.5 Å². The Hall–Kier alpha value is -0.570. The highest BCUT2D eigenvalue weighted by Crippen LogP contribution is 2.40. The molecule has 0 unspecified atom stereocenters. The van der Waals surface area contributed by atoms with Crippen LogP contribution in [-0.4, -0.2) is 47.9 Å². The van der Waals surface area contributed by atoms with Crippen LogP contribution < -0.4 is 0 Å². The van der Waals surface area contributed by atoms with Crippen LogP contribution >= 0.6 is 0 Å². The highest BCUT2D eigenvalue weighted by Gasteiger charge is 2.52. The number of carbonyl (C=O) groups excluding carboxylic acids is 1. The fourth-order valence-electron chi connectivity index (χ4n) is 2.37. The van der Waals surface area contributed by atoms with Gasteiger partial charge < -0.3 is 4.90 Å². The lowest BCUT2D eigenvalue weighted by atomic mass is 9.72. The van der Waals surface area contributed by atoms with E-state index in [1.807, 2.05) is 4.90 Å². The molecular formula is C10H18N2O. The summed E-state index contributed by atoms with van der Waals surface area (Å²) < 4.78 is 0. The van der Waals surface area contributed by atoms with Crippen molar-refractivity contribution in [3.8, 4) is 0 Å². The van der Waals surface area contributed by atoms with Gasteiger partial charge in [0.15, 0.2) is 0 Å². The fraction of sp³-hybridized carbons (Fsp3) is 0.900. The Labute approximate surface area is 79.7 Å². The van der Waals surface area contributed by atoms with Gasteiger partial charge in [0, 0.05) is 44.6 Å². The van der Waals surface area contributed by atoms with E-state index < -0.39 is 0 Å². The summed E-state index contributed by atoms with van der Waals surface area (Å²) in [5.74, 6) is 0.230. The van der Waals surface area contributed by atoms with E-state index in [0.717, 1.165) is 13.1 Å². The highest BCUT2D eigenvalue weighted by atomic mass is 16.2. The Kier molecular flexibility index (Phi) is 1.88. The lowest BCUT2D eigenvalue weighted by molar-refractivity contribution is -0.159. The molecule has 3 nitrogen and oxygen atoms in total. The van der Waals surface area contributed by atoms with Crippen LogP contribution in [0, 0.1) is 5.41 Å². The van der Waals surface area contributed by atoms with Crippen LogP contribution in [0.25, 0.3) is 0 Å². The molecule has 1 amide bonds. The molecule has 13 heavy (non-hydrogen) atoms. The minimum atomic E-state index is 0.230. The molecule has 0 aromatic carbocycles. The van der Waals surface area contributed by atoms with Gasteiger partial charge >= 0.3 is 0 Å². The molecule has 0 aromatic rings. The summed E-state index contributed by atoms with van der Waals surface area (Å²) in [5, 5.41) is 0. The second-order valence-corrected chi connectivity index (χ2v) is 4.87. The van der Waals surface area contributed by atoms with Gasteiger partial charge in [0.2, 0.25) is 5.91 Å². The van der Waals surface area contributed by atoms with Crippen molar-refractivity contribution in [2.24, 2.45) is 5.41 Å². The maximum absolute atomic E-state index is 11.0. The molecular weight excluding hydrogens is 164 g/mol. The number of amides is 1. The van der Waals surface area contributed by atoms with Gasteiger partial charge in [-0.15, -0.1) is 0 Å². The van der Waals surface area contributed by atoms with Crippen molar-refractivity contribution in [3.05, 3.63) is 0 Å². The quantitative estimate of drug-likeness (QED) is 0.591. The monoisotopic (exact) mass is 182 g/mol. The number of rotatable bonds is 1. The second kappa shape index (κ2) is 2.71. The van der Waals surface area contributed by atoms with Gasteiger partial charge in [-0.1, -0.05) is 0 Å². The molecule has 3 heteroatoms. The molecule has 0 bridgehead atoms. The lowest BCUT2D eigenvalue weighted by Crippen LogP contribution is -2.73. The molecule has 2 rings (SSSR count). The first kappa shape index (κ1) is 9.00. The minimum Gasteiger partial charge on any atom is -0.341 e. The second-order valence-electron chi connectivity index (χ2n) is 4.87. The zero-order valence-corrected chi connectivity index (χ0v) is 8.71. The van der Waals surface area contributed by atoms with Crippen molar-refractivity contribution in [2.45, 2.75) is 26.8 Å². The number of nitrogens with zero attached hydrogens (tertiary/aromatic N) is 2. The highest BCUT2D eigenvalue weighted by molar-refractivity contribution is 5.74. The molecule has 0 saturated carbocycles. The van der Waals surface area contributed by atoms with E-state index in [1.54, 1.807) is 6.92 Å². The molecule has 2 fully saturated rings. The third-order valence-electron chi connectivity index (χ3n) is 3.31. The van der Waals surface area contributed by atoms with Crippen LogP contribution in [0.15, 0.2) is 0 Å². The minimum absolute atomic E-state index is 0.230. The summed E-state index contributed by atoms with van der Waals surface area (Å²) in [6.45, 7) is 10.5. The number of hydrogen-bond donors (Lipinski definition) is 0. The lowest BCUT2D eigenvalue weighted by Gasteiger charge is -2.61. The van der Waals surface area contributed by atoms with Crippen molar-refractivity contribution >= 4 is 5.91 Å². The van der Waals surface area contributed by atoms with Gasteiger partial charge in [-0.25, -0.2) is 0 Å². The molecule has 1 spiro atoms. The first-order chi connectivity index (χ1) is 6.02. The van der Waals surface area contributed by atoms with Crippen molar-refractivity contribution < 1.29 is 4.79 Å². The summed E-state index contributed by atoms with van der Waals surface area (Å²) in [5.41, 5.74) is 0.482. The molecule has 0 radical (unpaired) electrons. The molecule has 0 aliphatic carbocycles. The summed E-state index contributed by atoms with van der Waals surface area (Å²) in [4.78, 5) is 15.4. The maximum Gasteiger partial charge on any atom is 0.219 e. The van der Waals surface area contributed by atoms with Gasteiger partial charge in [0.25, 0.3) is 0 Å². The average molecular weight is 182 g/mol. The maximum atomic E-state index is 11.0. The predicted molar refractivity (Wildman–Crippen MR) is 51.4 cm³/mol. The van der Waals surface area contributed by atoms with Gasteiger partial charge in [-0.3, -0.25) is 9.69 Å². The van der Waals surface area contributed by atoms with E-state index in [2.05, 4.69) is 18.7 Å². The van der Waals surface area contributed by atoms with Crippen LogP contribution in [0.2, 0.25) is 0 Å². The molecule has 0 atom stereocenters. The van der Waals surface area contributed by atoms with Crippen LogP contribution in [0.4, 0.5) is 0 Å². The fourth-order valence-corrected chi connectivity index (χ4v) is 2.37. The van der Waals surface area contributed by atoms with Gasteiger partial charge in [-0.05, 0) is 13.8 Å². The molecule has 0 aromatic heterocycles. The molecule has 2 aliphatic rings. The van der Waals surface area contributed by atoms with Gasteiger partial charge in [-0.2, -0.15) is 0 Å². The molecule has 2 heterocycles. The Morgan fingerprint density at radius 3 is 2.15 bits per heavy atom. The predicted octanol–water partition coefficient (Wildman–Crippen LogP) is 0.559. The topological polar surface area (TPSA) is 23.6 Å². The Bertz CT molecular complexity index is 223. The summed E-state index contributed by atoms with van der Waals surface area (Å²) in [7, 11) is 0. The average Bonchev–Trinajstić information content (AvgIpc) is 1.78. The van der Waals surface area contributed by atoms with Crippen LogP contribution in [0.5, 0.6) is 0 Å². The number of likely N-dealkylation sites (tertiary alicyclic amines) is 2. The Balaban J connectivity index is 1.79. The summed E-state index contributed by atoms with van der Waals surface area (Å²) in [6.07, 6.45) is 0. The van der Waals surface area contributed by atoms with E-state index in [1.165, 1.54) is 13.1 Å². The van der Waals surface area contributed by atoms with Crippen LogP contribution in [-0.2, 0) is 4.79 Å². The number of carbonyl (C=O) groups is 1. The van der Waals surface area contributed by atoms with E-state index in [9.17, 15) is 4.79 Å². The van der Waals surface area contributed by atoms with Crippen molar-refractivity contribution in [1.29, 1.82) is 0 Å². The standard InChI is InChI=1S/C10H18N2O/c1-8(2)11-4-10(5-11)6-12(7-10)9(3)13/h8H,4-7H2,1-3H3. The SMILES string of the molecule is CC(=O)N1CC2(C1)CN(C(C)C)C2. The Morgan fingerprint density at radius 2 is 1.77 bits per heavy atom. The summed E-state index contributed by atoms with van der Waals surface area (Å²) in [6, 6.07) is 0.664. The third-order valence-corrected chi connectivity index (χ3v) is 3.31. The Morgan fingerprint density at radius 1 is 1.23 bits per heavy atom. The van der Waals surface area contributed by atoms with E-state index >= 15 is 0 Å². The first-order valence-electron chi connectivity index (χ1n) is 5.02. The normalized spacial score (nSPS) is 26.0. The van der Waals surface area contributed by atoms with Crippen molar-refractivity contribution in [3.63, 3.8) is 0 Å². The number of hydrogen-bond acceptors (Lipinski definition) is 2. The van der Waals surface area contributed by atoms with Crippen molar-refractivity contribution in [1.82, 2.24) is 9.80 Å². The molecule has 2 saturated heterocycles. The molecule has 74 valence electrons. The molecule has 0 N–H and O–H groups in total. The largest absolute Gasteiger partial charge is 0.341 e. The smallest absolute Gasteiger partial charge is 0.219 e. The summed E-state index contributed by atoms with van der Waals surface area (Å²) >= 11 is 0. The van der Waals surface area contributed by atoms with Crippen LogP contribution in [0.1, 0.15) is 20.8 Å². The van der Waals surface area contributed by atoms with E-state index in [4.69, 9.17) is 0 Å². The van der Waals surface area contributed by atoms with E-state index in [-0.39, 0.29) is 5.91 Å². The first-order valence-corrected chi connectivity index (χ1v) is 5.02. The third kappa shape index (κ3) is 1.35. The van der Waals surface area contributed by atoms with Gasteiger partial charge in [0.1, 0.15) is 0 Å². The van der Waals surface area contributed by atoms with Crippen LogP contribution in [0.3, 0.4) is 0 Å². The van der Waals surface area contributed by atoms with Gasteiger partial charge in [0.05, 0.1) is 0 Å². The zero-order valence-electron chi connectivity index (χ0n) is 8.71.